The second-order valence-electron chi connectivity index (χ2n) is 6.25. The van der Waals surface area contributed by atoms with E-state index < -0.39 is 29.6 Å². The molecule has 1 aliphatic rings. The Morgan fingerprint density at radius 3 is 2.54 bits per heavy atom. The van der Waals surface area contributed by atoms with E-state index in [0.29, 0.717) is 13.1 Å². The Morgan fingerprint density at radius 2 is 1.96 bits per heavy atom. The second-order valence-corrected chi connectivity index (χ2v) is 6.25. The van der Waals surface area contributed by atoms with Crippen LogP contribution in [0.25, 0.3) is 0 Å². The van der Waals surface area contributed by atoms with Gasteiger partial charge in [-0.15, -0.1) is 12.4 Å². The number of nitrogens with one attached hydrogen (secondary N) is 2. The van der Waals surface area contributed by atoms with Gasteiger partial charge in [0, 0.05) is 45.8 Å². The maximum absolute atomic E-state index is 13.3. The molecule has 0 aromatic heterocycles. The summed E-state index contributed by atoms with van der Waals surface area (Å²) in [6, 6.07) is 4.09. The number of hydrogen-bond donors (Lipinski definition) is 2. The van der Waals surface area contributed by atoms with Gasteiger partial charge in [0.1, 0.15) is 11.7 Å². The molecule has 0 bridgehead atoms. The lowest BCUT2D eigenvalue weighted by atomic mass is 10.2. The molecule has 158 valence electrons. The van der Waals surface area contributed by atoms with Crippen LogP contribution >= 0.6 is 12.4 Å². The molecule has 1 fully saturated rings. The van der Waals surface area contributed by atoms with Crippen LogP contribution in [0.2, 0.25) is 0 Å². The monoisotopic (exact) mass is 425 g/mol. The maximum Gasteiger partial charge on any atom is 0.405 e. The average Bonchev–Trinajstić information content (AvgIpc) is 2.61. The van der Waals surface area contributed by atoms with Crippen molar-refractivity contribution in [2.45, 2.75) is 12.2 Å². The van der Waals surface area contributed by atoms with Gasteiger partial charge in [-0.1, -0.05) is 12.1 Å². The van der Waals surface area contributed by atoms with E-state index in [1.165, 1.54) is 35.0 Å². The summed E-state index contributed by atoms with van der Waals surface area (Å²) in [5, 5.41) is 16.3. The number of para-hydroxylation sites is 2. The molecule has 2 rings (SSSR count). The highest BCUT2D eigenvalue weighted by Crippen LogP contribution is 2.27. The van der Waals surface area contributed by atoms with Crippen LogP contribution in [0.15, 0.2) is 24.3 Å². The molecule has 1 atom stereocenters. The van der Waals surface area contributed by atoms with Crippen molar-refractivity contribution in [3.63, 3.8) is 0 Å². The molecule has 2 N–H and O–H groups in total. The lowest BCUT2D eigenvalue weighted by Crippen LogP contribution is -2.58. The zero-order valence-electron chi connectivity index (χ0n) is 15.2. The molecule has 1 unspecified atom stereocenters. The van der Waals surface area contributed by atoms with Crippen LogP contribution in [0.3, 0.4) is 0 Å². The Bertz CT molecular complexity index is 671. The van der Waals surface area contributed by atoms with Gasteiger partial charge in [-0.3, -0.25) is 19.8 Å². The first-order valence-electron chi connectivity index (χ1n) is 8.43. The molecule has 8 nitrogen and oxygen atoms in total. The predicted molar refractivity (Wildman–Crippen MR) is 101 cm³/mol. The van der Waals surface area contributed by atoms with E-state index >= 15 is 0 Å². The number of carbonyl (C=O) groups excluding carboxylic acids is 1. The minimum atomic E-state index is -4.46. The summed E-state index contributed by atoms with van der Waals surface area (Å²) in [5.74, 6) is -0.639. The molecule has 1 heterocycles. The van der Waals surface area contributed by atoms with Crippen LogP contribution in [0.1, 0.15) is 0 Å². The number of nitro groups is 1. The van der Waals surface area contributed by atoms with Gasteiger partial charge in [-0.2, -0.15) is 13.2 Å². The summed E-state index contributed by atoms with van der Waals surface area (Å²) in [7, 11) is 1.47. The molecule has 0 aliphatic carbocycles. The number of halogens is 4. The Balaban J connectivity index is 0.00000392. The van der Waals surface area contributed by atoms with E-state index in [0.717, 1.165) is 0 Å². The lowest BCUT2D eigenvalue weighted by Gasteiger charge is -2.36. The third kappa shape index (κ3) is 6.50. The third-order valence-electron chi connectivity index (χ3n) is 4.33. The fraction of sp³-hybridized carbons (Fsp3) is 0.562. The number of hydrogen-bond acceptors (Lipinski definition) is 6. The molecular formula is C16H23ClF3N5O3. The Labute approximate surface area is 166 Å². The summed E-state index contributed by atoms with van der Waals surface area (Å²) in [6.07, 6.45) is -4.46. The summed E-state index contributed by atoms with van der Waals surface area (Å²) in [6.45, 7) is 0.554. The summed E-state index contributed by atoms with van der Waals surface area (Å²) < 4.78 is 40.0. The van der Waals surface area contributed by atoms with Crippen molar-refractivity contribution < 1.29 is 22.9 Å². The summed E-state index contributed by atoms with van der Waals surface area (Å²) in [5.41, 5.74) is 0.0360. The van der Waals surface area contributed by atoms with Crippen molar-refractivity contribution in [2.75, 3.05) is 51.2 Å². The first-order chi connectivity index (χ1) is 12.7. The van der Waals surface area contributed by atoms with Gasteiger partial charge in [-0.05, 0) is 6.07 Å². The number of piperazine rings is 1. The van der Waals surface area contributed by atoms with Crippen LogP contribution in [0.4, 0.5) is 24.5 Å². The van der Waals surface area contributed by atoms with E-state index in [-0.39, 0.29) is 43.4 Å². The number of amides is 1. The Kier molecular flexibility index (Phi) is 8.92. The average molecular weight is 426 g/mol. The van der Waals surface area contributed by atoms with Gasteiger partial charge in [-0.25, -0.2) is 0 Å². The Hall–Kier alpha value is -2.11. The zero-order valence-corrected chi connectivity index (χ0v) is 16.1. The van der Waals surface area contributed by atoms with Crippen LogP contribution in [0, 0.1) is 10.1 Å². The molecule has 0 radical (unpaired) electrons. The SMILES string of the molecule is CN(CC(=O)NCC(N1CCNCC1)C(F)(F)F)c1ccccc1[N+](=O)[O-].Cl. The number of nitro benzene ring substituents is 1. The van der Waals surface area contributed by atoms with Crippen LogP contribution in [-0.4, -0.2) is 74.3 Å². The molecule has 12 heteroatoms. The number of alkyl halides is 3. The van der Waals surface area contributed by atoms with Crippen molar-refractivity contribution in [3.05, 3.63) is 34.4 Å². The molecule has 1 amide bonds. The third-order valence-corrected chi connectivity index (χ3v) is 4.33. The largest absolute Gasteiger partial charge is 0.405 e. The first-order valence-corrected chi connectivity index (χ1v) is 8.43. The lowest BCUT2D eigenvalue weighted by molar-refractivity contribution is -0.384. The van der Waals surface area contributed by atoms with Gasteiger partial charge in [0.25, 0.3) is 5.69 Å². The van der Waals surface area contributed by atoms with Gasteiger partial charge in [0.2, 0.25) is 5.91 Å². The van der Waals surface area contributed by atoms with Gasteiger partial charge in [0.05, 0.1) is 11.5 Å². The first kappa shape index (κ1) is 23.9. The van der Waals surface area contributed by atoms with E-state index in [9.17, 15) is 28.1 Å². The quantitative estimate of drug-likeness (QED) is 0.507. The number of carbonyl (C=O) groups is 1. The fourth-order valence-electron chi connectivity index (χ4n) is 2.95. The minimum absolute atomic E-state index is 0. The summed E-state index contributed by atoms with van der Waals surface area (Å²) >= 11 is 0. The summed E-state index contributed by atoms with van der Waals surface area (Å²) in [4.78, 5) is 25.2. The molecule has 1 aliphatic heterocycles. The van der Waals surface area contributed by atoms with Crippen molar-refractivity contribution in [2.24, 2.45) is 0 Å². The molecule has 1 aromatic rings. The van der Waals surface area contributed by atoms with Crippen molar-refractivity contribution in [1.29, 1.82) is 0 Å². The number of likely N-dealkylation sites (N-methyl/N-ethyl adjacent to an activating group) is 1. The fourth-order valence-corrected chi connectivity index (χ4v) is 2.95. The predicted octanol–water partition coefficient (Wildman–Crippen LogP) is 1.41. The van der Waals surface area contributed by atoms with Gasteiger partial charge >= 0.3 is 6.18 Å². The highest BCUT2D eigenvalue weighted by Gasteiger charge is 2.43. The van der Waals surface area contributed by atoms with Crippen LogP contribution < -0.4 is 15.5 Å². The molecule has 0 saturated carbocycles. The number of anilines is 1. The molecule has 28 heavy (non-hydrogen) atoms. The Morgan fingerprint density at radius 1 is 1.36 bits per heavy atom. The second kappa shape index (κ2) is 10.4. The number of rotatable bonds is 7. The normalized spacial score (nSPS) is 16.0. The highest BCUT2D eigenvalue weighted by atomic mass is 35.5. The van der Waals surface area contributed by atoms with Crippen molar-refractivity contribution >= 4 is 29.7 Å². The topological polar surface area (TPSA) is 90.8 Å². The zero-order chi connectivity index (χ0) is 20.0. The molecule has 0 spiro atoms. The minimum Gasteiger partial charge on any atom is -0.360 e. The van der Waals surface area contributed by atoms with E-state index in [1.54, 1.807) is 6.07 Å². The number of nitrogens with zero attached hydrogens (tertiary/aromatic N) is 3. The highest BCUT2D eigenvalue weighted by molar-refractivity contribution is 5.85. The van der Waals surface area contributed by atoms with Crippen LogP contribution in [0.5, 0.6) is 0 Å². The van der Waals surface area contributed by atoms with Crippen molar-refractivity contribution in [1.82, 2.24) is 15.5 Å². The van der Waals surface area contributed by atoms with Crippen LogP contribution in [-0.2, 0) is 4.79 Å². The standard InChI is InChI=1S/C16H22F3N5O3.ClH/c1-22(12-4-2-3-5-13(12)24(26)27)11-15(25)21-10-14(16(17,18)19)23-8-6-20-7-9-23;/h2-5,14,20H,6-11H2,1H3,(H,21,25);1H. The number of benzene rings is 1. The molecule has 1 saturated heterocycles. The van der Waals surface area contributed by atoms with Gasteiger partial charge < -0.3 is 15.5 Å². The van der Waals surface area contributed by atoms with E-state index in [2.05, 4.69) is 10.6 Å². The van der Waals surface area contributed by atoms with E-state index in [4.69, 9.17) is 0 Å². The smallest absolute Gasteiger partial charge is 0.360 e. The van der Waals surface area contributed by atoms with Gasteiger partial charge in [0.15, 0.2) is 0 Å². The molecular weight excluding hydrogens is 403 g/mol. The maximum atomic E-state index is 13.3. The van der Waals surface area contributed by atoms with Crippen molar-refractivity contribution in [3.8, 4) is 0 Å². The molecule has 1 aromatic carbocycles. The van der Waals surface area contributed by atoms with E-state index in [1.807, 2.05) is 0 Å².